The quantitative estimate of drug-likeness (QED) is 0.355. The monoisotopic (exact) mass is 476 g/mol. The van der Waals surface area contributed by atoms with Crippen LogP contribution in [-0.2, 0) is 39.6 Å². The van der Waals surface area contributed by atoms with Gasteiger partial charge in [-0.2, -0.15) is 13.2 Å². The molecule has 34 heavy (non-hydrogen) atoms. The van der Waals surface area contributed by atoms with E-state index >= 15 is 4.39 Å². The maximum absolute atomic E-state index is 15.1. The van der Waals surface area contributed by atoms with E-state index < -0.39 is 11.7 Å². The maximum atomic E-state index is 15.1. The van der Waals surface area contributed by atoms with Gasteiger partial charge in [-0.3, -0.25) is 0 Å². The normalized spacial score (nSPS) is 19.0. The summed E-state index contributed by atoms with van der Waals surface area (Å²) in [6, 6.07) is 14.4. The molecule has 4 rings (SSSR count). The Labute approximate surface area is 196 Å². The summed E-state index contributed by atoms with van der Waals surface area (Å²) < 4.78 is 69.9. The van der Waals surface area contributed by atoms with Crippen LogP contribution in [-0.4, -0.2) is 33.2 Å². The molecular weight excluding hydrogens is 448 g/mol. The number of alkyl halides is 3. The highest BCUT2D eigenvalue weighted by Crippen LogP contribution is 2.30. The molecule has 1 aliphatic heterocycles. The molecule has 1 aliphatic rings. The highest BCUT2D eigenvalue weighted by molar-refractivity contribution is 5.84. The second-order valence-electron chi connectivity index (χ2n) is 8.75. The van der Waals surface area contributed by atoms with Crippen LogP contribution in [0.25, 0.3) is 10.8 Å². The van der Waals surface area contributed by atoms with Gasteiger partial charge in [-0.05, 0) is 53.5 Å². The molecule has 0 radical (unpaired) electrons. The zero-order valence-electron chi connectivity index (χ0n) is 19.0. The third-order valence-electron chi connectivity index (χ3n) is 6.17. The summed E-state index contributed by atoms with van der Waals surface area (Å²) in [7, 11) is 1.66. The number of rotatable bonds is 8. The van der Waals surface area contributed by atoms with Crippen LogP contribution in [0.5, 0.6) is 0 Å². The number of methoxy groups -OCH3 is 1. The number of aryl methyl sites for hydroxylation is 3. The molecule has 3 nitrogen and oxygen atoms in total. The lowest BCUT2D eigenvalue weighted by atomic mass is 9.98. The van der Waals surface area contributed by atoms with Crippen LogP contribution >= 0.6 is 0 Å². The summed E-state index contributed by atoms with van der Waals surface area (Å²) in [4.78, 5) is 0. The van der Waals surface area contributed by atoms with Crippen molar-refractivity contribution < 1.29 is 31.8 Å². The van der Waals surface area contributed by atoms with Crippen molar-refractivity contribution in [3.05, 3.63) is 82.7 Å². The SMILES string of the molecule is COCC1COC(CCc2ccc3c(F)c(CCc4ccc(C(F)(F)F)cc4)ccc3c2)OC1. The molecule has 0 aliphatic carbocycles. The van der Waals surface area contributed by atoms with Gasteiger partial charge in [-0.15, -0.1) is 0 Å². The first-order chi connectivity index (χ1) is 16.3. The Morgan fingerprint density at radius 3 is 2.26 bits per heavy atom. The largest absolute Gasteiger partial charge is 0.416 e. The van der Waals surface area contributed by atoms with Gasteiger partial charge in [-0.1, -0.05) is 42.5 Å². The highest BCUT2D eigenvalue weighted by atomic mass is 19.4. The lowest BCUT2D eigenvalue weighted by molar-refractivity contribution is -0.208. The third kappa shape index (κ3) is 6.14. The lowest BCUT2D eigenvalue weighted by Gasteiger charge is -2.29. The molecule has 0 saturated carbocycles. The highest BCUT2D eigenvalue weighted by Gasteiger charge is 2.29. The number of benzene rings is 3. The third-order valence-corrected chi connectivity index (χ3v) is 6.17. The first-order valence-electron chi connectivity index (χ1n) is 11.4. The van der Waals surface area contributed by atoms with Gasteiger partial charge in [-0.25, -0.2) is 4.39 Å². The van der Waals surface area contributed by atoms with Crippen molar-refractivity contribution >= 4 is 10.8 Å². The molecule has 0 atom stereocenters. The molecular formula is C27H28F4O3. The van der Waals surface area contributed by atoms with E-state index in [9.17, 15) is 13.2 Å². The summed E-state index contributed by atoms with van der Waals surface area (Å²) in [5.41, 5.74) is 1.69. The van der Waals surface area contributed by atoms with E-state index in [0.717, 1.165) is 41.5 Å². The van der Waals surface area contributed by atoms with Gasteiger partial charge < -0.3 is 14.2 Å². The van der Waals surface area contributed by atoms with Gasteiger partial charge in [0.2, 0.25) is 0 Å². The van der Waals surface area contributed by atoms with Crippen LogP contribution in [0.1, 0.15) is 28.7 Å². The molecule has 1 saturated heterocycles. The minimum absolute atomic E-state index is 0.242. The van der Waals surface area contributed by atoms with Crippen molar-refractivity contribution in [2.75, 3.05) is 26.9 Å². The van der Waals surface area contributed by atoms with Crippen LogP contribution in [0.2, 0.25) is 0 Å². The lowest BCUT2D eigenvalue weighted by Crippen LogP contribution is -2.34. The van der Waals surface area contributed by atoms with Gasteiger partial charge in [0.25, 0.3) is 0 Å². The average Bonchev–Trinajstić information content (AvgIpc) is 2.83. The Morgan fingerprint density at radius 2 is 1.59 bits per heavy atom. The first-order valence-corrected chi connectivity index (χ1v) is 11.4. The Bertz CT molecular complexity index is 1090. The second-order valence-corrected chi connectivity index (χ2v) is 8.75. The van der Waals surface area contributed by atoms with E-state index in [1.54, 1.807) is 19.2 Å². The summed E-state index contributed by atoms with van der Waals surface area (Å²) in [6.45, 7) is 1.86. The van der Waals surface area contributed by atoms with E-state index in [0.29, 0.717) is 43.6 Å². The predicted octanol–water partition coefficient (Wildman–Crippen LogP) is 6.35. The Kier molecular flexibility index (Phi) is 7.86. The number of fused-ring (bicyclic) bond motifs is 1. The van der Waals surface area contributed by atoms with Crippen molar-refractivity contribution in [3.63, 3.8) is 0 Å². The molecule has 0 unspecified atom stereocenters. The van der Waals surface area contributed by atoms with Crippen LogP contribution in [0.4, 0.5) is 17.6 Å². The Morgan fingerprint density at radius 1 is 0.882 bits per heavy atom. The topological polar surface area (TPSA) is 27.7 Å². The van der Waals surface area contributed by atoms with Crippen LogP contribution in [0.3, 0.4) is 0 Å². The molecule has 7 heteroatoms. The Balaban J connectivity index is 1.35. The molecule has 3 aromatic carbocycles. The van der Waals surface area contributed by atoms with Gasteiger partial charge in [0, 0.05) is 24.8 Å². The maximum Gasteiger partial charge on any atom is 0.416 e. The molecule has 3 aromatic rings. The van der Waals surface area contributed by atoms with Crippen molar-refractivity contribution in [2.24, 2.45) is 5.92 Å². The van der Waals surface area contributed by atoms with Gasteiger partial charge in [0.1, 0.15) is 5.82 Å². The van der Waals surface area contributed by atoms with Crippen molar-refractivity contribution in [1.82, 2.24) is 0 Å². The van der Waals surface area contributed by atoms with Crippen LogP contribution < -0.4 is 0 Å². The van der Waals surface area contributed by atoms with Crippen molar-refractivity contribution in [2.45, 2.75) is 38.1 Å². The van der Waals surface area contributed by atoms with E-state index in [-0.39, 0.29) is 18.0 Å². The smallest absolute Gasteiger partial charge is 0.384 e. The number of halogens is 4. The molecule has 0 N–H and O–H groups in total. The van der Waals surface area contributed by atoms with Crippen LogP contribution in [0, 0.1) is 11.7 Å². The molecule has 0 amide bonds. The van der Waals surface area contributed by atoms with Gasteiger partial charge >= 0.3 is 6.18 Å². The Hall–Kier alpha value is -2.48. The number of ether oxygens (including phenoxy) is 3. The molecule has 0 bridgehead atoms. The molecule has 1 heterocycles. The summed E-state index contributed by atoms with van der Waals surface area (Å²) in [5, 5.41) is 1.36. The van der Waals surface area contributed by atoms with Crippen molar-refractivity contribution in [3.8, 4) is 0 Å². The zero-order chi connectivity index (χ0) is 24.1. The van der Waals surface area contributed by atoms with E-state index in [4.69, 9.17) is 14.2 Å². The van der Waals surface area contributed by atoms with E-state index in [1.165, 1.54) is 12.1 Å². The summed E-state index contributed by atoms with van der Waals surface area (Å²) in [6.07, 6.45) is -2.24. The summed E-state index contributed by atoms with van der Waals surface area (Å²) >= 11 is 0. The van der Waals surface area contributed by atoms with E-state index in [1.807, 2.05) is 18.2 Å². The van der Waals surface area contributed by atoms with E-state index in [2.05, 4.69) is 0 Å². The minimum Gasteiger partial charge on any atom is -0.384 e. The summed E-state index contributed by atoms with van der Waals surface area (Å²) in [5.74, 6) is -0.0163. The van der Waals surface area contributed by atoms with Crippen molar-refractivity contribution in [1.29, 1.82) is 0 Å². The fourth-order valence-electron chi connectivity index (χ4n) is 4.24. The first kappa shape index (κ1) is 24.6. The average molecular weight is 477 g/mol. The van der Waals surface area contributed by atoms with Gasteiger partial charge in [0.15, 0.2) is 6.29 Å². The predicted molar refractivity (Wildman–Crippen MR) is 122 cm³/mol. The minimum atomic E-state index is -4.36. The standard InChI is InChI=1S/C27H28F4O3/c1-32-15-20-16-33-25(34-17-20)13-6-19-5-12-24-22(14-19)9-8-21(26(24)28)7-2-18-3-10-23(11-4-18)27(29,30)31/h3-5,8-12,14,20,25H,2,6-7,13,15-17H2,1H3. The second kappa shape index (κ2) is 10.8. The van der Waals surface area contributed by atoms with Crippen LogP contribution in [0.15, 0.2) is 54.6 Å². The molecule has 182 valence electrons. The molecule has 0 spiro atoms. The number of hydrogen-bond donors (Lipinski definition) is 0. The molecule has 0 aromatic heterocycles. The number of hydrogen-bond acceptors (Lipinski definition) is 3. The van der Waals surface area contributed by atoms with Gasteiger partial charge in [0.05, 0.1) is 25.4 Å². The fraction of sp³-hybridized carbons (Fsp3) is 0.407. The zero-order valence-corrected chi connectivity index (χ0v) is 19.0. The fourth-order valence-corrected chi connectivity index (χ4v) is 4.24. The molecule has 1 fully saturated rings.